The quantitative estimate of drug-likeness (QED) is 0.724. The van der Waals surface area contributed by atoms with E-state index in [1.165, 1.54) is 17.7 Å². The van der Waals surface area contributed by atoms with E-state index in [2.05, 4.69) is 20.3 Å². The maximum Gasteiger partial charge on any atom is 0.278 e. The summed E-state index contributed by atoms with van der Waals surface area (Å²) in [5, 5.41) is 3.80. The third kappa shape index (κ3) is 1.90. The average molecular weight is 244 g/mol. The number of aromatic amines is 1. The Balaban J connectivity index is 2.02. The molecule has 0 aliphatic heterocycles. The second-order valence-electron chi connectivity index (χ2n) is 3.40. The van der Waals surface area contributed by atoms with Crippen LogP contribution in [0.2, 0.25) is 0 Å². The molecule has 17 heavy (non-hydrogen) atoms. The predicted molar refractivity (Wildman–Crippen MR) is 67.8 cm³/mol. The van der Waals surface area contributed by atoms with Gasteiger partial charge in [0.25, 0.3) is 5.56 Å². The van der Waals surface area contributed by atoms with Crippen LogP contribution in [0.3, 0.4) is 0 Å². The molecule has 0 fully saturated rings. The van der Waals surface area contributed by atoms with Gasteiger partial charge in [-0.15, -0.1) is 0 Å². The van der Waals surface area contributed by atoms with Crippen molar-refractivity contribution in [1.82, 2.24) is 15.0 Å². The van der Waals surface area contributed by atoms with E-state index in [9.17, 15) is 4.79 Å². The van der Waals surface area contributed by atoms with Crippen LogP contribution in [0.25, 0.3) is 10.3 Å². The van der Waals surface area contributed by atoms with Crippen LogP contribution in [-0.4, -0.2) is 15.0 Å². The molecular weight excluding hydrogens is 236 g/mol. The highest BCUT2D eigenvalue weighted by atomic mass is 32.1. The Bertz CT molecular complexity index is 704. The number of rotatable bonds is 2. The van der Waals surface area contributed by atoms with Crippen LogP contribution in [-0.2, 0) is 0 Å². The molecule has 6 heteroatoms. The molecule has 3 aromatic rings. The molecule has 0 atom stereocenters. The van der Waals surface area contributed by atoms with Crippen LogP contribution in [0.1, 0.15) is 0 Å². The van der Waals surface area contributed by atoms with E-state index in [0.29, 0.717) is 15.5 Å². The van der Waals surface area contributed by atoms with E-state index >= 15 is 0 Å². The van der Waals surface area contributed by atoms with E-state index in [1.54, 1.807) is 0 Å². The van der Waals surface area contributed by atoms with Crippen LogP contribution in [0.5, 0.6) is 0 Å². The highest BCUT2D eigenvalue weighted by Gasteiger charge is 2.07. The summed E-state index contributed by atoms with van der Waals surface area (Å²) < 4.78 is 0. The van der Waals surface area contributed by atoms with Crippen molar-refractivity contribution < 1.29 is 0 Å². The van der Waals surface area contributed by atoms with Gasteiger partial charge >= 0.3 is 0 Å². The van der Waals surface area contributed by atoms with Gasteiger partial charge in [-0.2, -0.15) is 0 Å². The number of benzene rings is 1. The fraction of sp³-hybridized carbons (Fsp3) is 0. The molecule has 2 heterocycles. The Morgan fingerprint density at radius 3 is 2.82 bits per heavy atom. The summed E-state index contributed by atoms with van der Waals surface area (Å²) in [5.74, 6) is 0. The minimum Gasteiger partial charge on any atom is -0.331 e. The molecule has 1 aromatic carbocycles. The van der Waals surface area contributed by atoms with Crippen molar-refractivity contribution in [2.24, 2.45) is 0 Å². The molecule has 0 aliphatic rings. The number of para-hydroxylation sites is 1. The zero-order valence-corrected chi connectivity index (χ0v) is 9.49. The van der Waals surface area contributed by atoms with E-state index < -0.39 is 0 Å². The number of anilines is 2. The predicted octanol–water partition coefficient (Wildman–Crippen LogP) is 2.12. The normalized spacial score (nSPS) is 10.6. The van der Waals surface area contributed by atoms with Gasteiger partial charge in [-0.1, -0.05) is 29.5 Å². The Morgan fingerprint density at radius 1 is 1.24 bits per heavy atom. The van der Waals surface area contributed by atoms with Gasteiger partial charge < -0.3 is 10.3 Å². The molecule has 0 spiro atoms. The van der Waals surface area contributed by atoms with Crippen LogP contribution in [0.15, 0.2) is 41.5 Å². The molecule has 0 amide bonds. The summed E-state index contributed by atoms with van der Waals surface area (Å²) in [6.07, 6.45) is 1.38. The molecule has 2 N–H and O–H groups in total. The minimum absolute atomic E-state index is 0.215. The minimum atomic E-state index is -0.215. The van der Waals surface area contributed by atoms with Gasteiger partial charge in [0.05, 0.1) is 6.33 Å². The number of hydrogen-bond donors (Lipinski definition) is 2. The number of thiazole rings is 1. The Labute approximate surface area is 100 Å². The lowest BCUT2D eigenvalue weighted by Crippen LogP contribution is -2.05. The summed E-state index contributed by atoms with van der Waals surface area (Å²) in [7, 11) is 0. The van der Waals surface area contributed by atoms with Gasteiger partial charge in [-0.3, -0.25) is 4.79 Å². The zero-order chi connectivity index (χ0) is 11.7. The SMILES string of the molecule is O=c1[nH]cnc2sc(Nc3ccccc3)nc12. The van der Waals surface area contributed by atoms with Gasteiger partial charge in [-0.05, 0) is 12.1 Å². The van der Waals surface area contributed by atoms with E-state index in [0.717, 1.165) is 5.69 Å². The van der Waals surface area contributed by atoms with Crippen molar-refractivity contribution in [2.75, 3.05) is 5.32 Å². The molecule has 0 saturated heterocycles. The second-order valence-corrected chi connectivity index (χ2v) is 4.37. The summed E-state index contributed by atoms with van der Waals surface area (Å²) in [6.45, 7) is 0. The van der Waals surface area contributed by atoms with Crippen LogP contribution >= 0.6 is 11.3 Å². The Hall–Kier alpha value is -2.21. The highest BCUT2D eigenvalue weighted by Crippen LogP contribution is 2.24. The lowest BCUT2D eigenvalue weighted by atomic mass is 10.3. The molecular formula is C11H8N4OS. The molecule has 0 aliphatic carbocycles. The average Bonchev–Trinajstić information content (AvgIpc) is 2.74. The Morgan fingerprint density at radius 2 is 2.06 bits per heavy atom. The fourth-order valence-corrected chi connectivity index (χ4v) is 2.29. The summed E-state index contributed by atoms with van der Waals surface area (Å²) in [5.41, 5.74) is 1.09. The number of H-pyrrole nitrogens is 1. The van der Waals surface area contributed by atoms with Gasteiger partial charge in [0, 0.05) is 5.69 Å². The first kappa shape index (κ1) is 9.98. The van der Waals surface area contributed by atoms with Crippen molar-refractivity contribution in [3.05, 3.63) is 47.0 Å². The van der Waals surface area contributed by atoms with Crippen molar-refractivity contribution in [1.29, 1.82) is 0 Å². The van der Waals surface area contributed by atoms with Gasteiger partial charge in [0.1, 0.15) is 0 Å². The fourth-order valence-electron chi connectivity index (χ4n) is 1.46. The third-order valence-electron chi connectivity index (χ3n) is 2.23. The molecule has 2 aromatic heterocycles. The van der Waals surface area contributed by atoms with Crippen LogP contribution < -0.4 is 10.9 Å². The van der Waals surface area contributed by atoms with Crippen molar-refractivity contribution in [3.8, 4) is 0 Å². The van der Waals surface area contributed by atoms with Crippen LogP contribution in [0, 0.1) is 0 Å². The summed E-state index contributed by atoms with van der Waals surface area (Å²) >= 11 is 1.35. The van der Waals surface area contributed by atoms with Gasteiger partial charge in [0.2, 0.25) is 0 Å². The maximum atomic E-state index is 11.5. The largest absolute Gasteiger partial charge is 0.331 e. The molecule has 0 unspecified atom stereocenters. The lowest BCUT2D eigenvalue weighted by molar-refractivity contribution is 1.17. The Kier molecular flexibility index (Phi) is 2.34. The van der Waals surface area contributed by atoms with E-state index in [1.807, 2.05) is 30.3 Å². The first-order valence-electron chi connectivity index (χ1n) is 4.99. The van der Waals surface area contributed by atoms with Crippen molar-refractivity contribution >= 4 is 32.5 Å². The smallest absolute Gasteiger partial charge is 0.278 e. The topological polar surface area (TPSA) is 70.7 Å². The van der Waals surface area contributed by atoms with Crippen LogP contribution in [0.4, 0.5) is 10.8 Å². The third-order valence-corrected chi connectivity index (χ3v) is 3.11. The number of hydrogen-bond acceptors (Lipinski definition) is 5. The second kappa shape index (κ2) is 3.99. The highest BCUT2D eigenvalue weighted by molar-refractivity contribution is 7.21. The standard InChI is InChI=1S/C11H8N4OS/c16-9-8-10(13-6-12-9)17-11(15-8)14-7-4-2-1-3-5-7/h1-6H,(H,14,15)(H,12,13,16). The first-order valence-corrected chi connectivity index (χ1v) is 5.81. The molecule has 0 radical (unpaired) electrons. The van der Waals surface area contributed by atoms with E-state index in [4.69, 9.17) is 0 Å². The van der Waals surface area contributed by atoms with E-state index in [-0.39, 0.29) is 5.56 Å². The monoisotopic (exact) mass is 244 g/mol. The zero-order valence-electron chi connectivity index (χ0n) is 8.68. The summed E-state index contributed by atoms with van der Waals surface area (Å²) in [6, 6.07) is 9.67. The molecule has 3 rings (SSSR count). The van der Waals surface area contributed by atoms with Gasteiger partial charge in [0.15, 0.2) is 15.5 Å². The number of aromatic nitrogens is 3. The number of nitrogens with one attached hydrogen (secondary N) is 2. The maximum absolute atomic E-state index is 11.5. The lowest BCUT2D eigenvalue weighted by Gasteiger charge is -1.99. The van der Waals surface area contributed by atoms with Crippen molar-refractivity contribution in [2.45, 2.75) is 0 Å². The molecule has 0 saturated carbocycles. The molecule has 84 valence electrons. The molecule has 0 bridgehead atoms. The number of nitrogens with zero attached hydrogens (tertiary/aromatic N) is 2. The molecule has 5 nitrogen and oxygen atoms in total. The first-order chi connectivity index (χ1) is 8.33. The van der Waals surface area contributed by atoms with Gasteiger partial charge in [-0.25, -0.2) is 9.97 Å². The van der Waals surface area contributed by atoms with Crippen molar-refractivity contribution in [3.63, 3.8) is 0 Å². The summed E-state index contributed by atoms with van der Waals surface area (Å²) in [4.78, 5) is 22.9. The number of fused-ring (bicyclic) bond motifs is 1.